The predicted octanol–water partition coefficient (Wildman–Crippen LogP) is -1.85. The van der Waals surface area contributed by atoms with E-state index in [1.165, 1.54) is 6.92 Å². The Morgan fingerprint density at radius 2 is 1.71 bits per heavy atom. The minimum absolute atomic E-state index is 0.0485. The number of pyridine rings is 2. The number of carbonyl (C=O) groups excluding carboxylic acids is 2. The second-order valence-corrected chi connectivity index (χ2v) is 14.3. The van der Waals surface area contributed by atoms with Gasteiger partial charge in [-0.1, -0.05) is 12.8 Å². The van der Waals surface area contributed by atoms with E-state index in [1.54, 1.807) is 34.9 Å². The number of nitrogens with zero attached hydrogens (tertiary/aromatic N) is 6. The van der Waals surface area contributed by atoms with Crippen molar-refractivity contribution in [3.8, 4) is 0 Å². The molecule has 300 valence electrons. The SMILES string of the molecule is CC(=O)c1c(C)c2cnc(Nc3ccc(N4CCN(CC(=O)[C@@H](O)[C@H](O[C@@H]5O[C@H](CO)[C@H](O)[C@H](O)[C@H]5O)[C@H](O)CO)CC4)cn3)nc2n(C2CCCC2)c1=O. The third kappa shape index (κ3) is 8.55. The molecule has 2 aliphatic heterocycles. The monoisotopic (exact) mass is 771 g/mol. The molecule has 19 heteroatoms. The second-order valence-electron chi connectivity index (χ2n) is 14.3. The van der Waals surface area contributed by atoms with E-state index in [0.29, 0.717) is 48.6 Å². The molecule has 0 aromatic carbocycles. The summed E-state index contributed by atoms with van der Waals surface area (Å²) in [5.41, 5.74) is 1.68. The predicted molar refractivity (Wildman–Crippen MR) is 195 cm³/mol. The van der Waals surface area contributed by atoms with Crippen molar-refractivity contribution >= 4 is 40.1 Å². The zero-order chi connectivity index (χ0) is 39.6. The molecule has 0 spiro atoms. The van der Waals surface area contributed by atoms with Crippen LogP contribution >= 0.6 is 0 Å². The molecular weight excluding hydrogens is 722 g/mol. The lowest BCUT2D eigenvalue weighted by Crippen LogP contribution is -2.61. The van der Waals surface area contributed by atoms with E-state index < -0.39 is 68.0 Å². The van der Waals surface area contributed by atoms with Crippen LogP contribution < -0.4 is 15.8 Å². The van der Waals surface area contributed by atoms with Gasteiger partial charge in [0, 0.05) is 43.8 Å². The van der Waals surface area contributed by atoms with Gasteiger partial charge in [-0.15, -0.1) is 0 Å². The van der Waals surface area contributed by atoms with E-state index in [-0.39, 0.29) is 35.4 Å². The Bertz CT molecular complexity index is 1880. The van der Waals surface area contributed by atoms with Gasteiger partial charge in [-0.05, 0) is 44.4 Å². The molecule has 1 aliphatic carbocycles. The van der Waals surface area contributed by atoms with Crippen LogP contribution in [-0.2, 0) is 14.3 Å². The highest BCUT2D eigenvalue weighted by Crippen LogP contribution is 2.32. The molecule has 6 rings (SSSR count). The maximum absolute atomic E-state index is 13.5. The van der Waals surface area contributed by atoms with Gasteiger partial charge in [0.2, 0.25) is 5.95 Å². The van der Waals surface area contributed by atoms with Crippen molar-refractivity contribution in [1.82, 2.24) is 24.4 Å². The fraction of sp³-hybridized carbons (Fsp3) is 0.611. The van der Waals surface area contributed by atoms with Gasteiger partial charge < -0.3 is 55.4 Å². The Morgan fingerprint density at radius 3 is 2.33 bits per heavy atom. The number of nitrogens with one attached hydrogen (secondary N) is 1. The number of ketones is 2. The number of carbonyl (C=O) groups is 2. The van der Waals surface area contributed by atoms with Crippen LogP contribution in [0.25, 0.3) is 11.0 Å². The Hall–Kier alpha value is -4.02. The van der Waals surface area contributed by atoms with Crippen molar-refractivity contribution in [1.29, 1.82) is 0 Å². The van der Waals surface area contributed by atoms with Gasteiger partial charge >= 0.3 is 0 Å². The van der Waals surface area contributed by atoms with E-state index in [2.05, 4.69) is 20.2 Å². The third-order valence-electron chi connectivity index (χ3n) is 10.7. The molecule has 19 nitrogen and oxygen atoms in total. The zero-order valence-electron chi connectivity index (χ0n) is 30.6. The molecule has 0 radical (unpaired) electrons. The Balaban J connectivity index is 1.06. The van der Waals surface area contributed by atoms with Crippen LogP contribution in [0.3, 0.4) is 0 Å². The first-order valence-corrected chi connectivity index (χ1v) is 18.4. The summed E-state index contributed by atoms with van der Waals surface area (Å²) in [6.07, 6.45) is -6.90. The minimum atomic E-state index is -1.96. The number of rotatable bonds is 14. The molecular formula is C36H49N7O12. The van der Waals surface area contributed by atoms with E-state index in [0.717, 1.165) is 31.4 Å². The molecule has 8 atom stereocenters. The smallest absolute Gasteiger partial charge is 0.263 e. The first-order chi connectivity index (χ1) is 26.3. The number of aliphatic hydroxyl groups is 7. The van der Waals surface area contributed by atoms with Crippen molar-refractivity contribution in [3.05, 3.63) is 46.0 Å². The number of aryl methyl sites for hydroxylation is 1. The van der Waals surface area contributed by atoms with Crippen LogP contribution in [-0.4, -0.2) is 167 Å². The van der Waals surface area contributed by atoms with Gasteiger partial charge in [0.25, 0.3) is 5.56 Å². The fourth-order valence-electron chi connectivity index (χ4n) is 7.55. The standard InChI is InChI=1S/C36H49N7O12/c1-18-22-14-38-36(40-33(22)43(20-5-3-4-6-20)34(53)27(18)19(2)46)39-26-8-7-21(13-37-26)42-11-9-41(10-12-42)15-23(47)28(49)32(24(48)16-44)55-35-31(52)30(51)29(50)25(17-45)54-35/h7-8,13-14,20,24-25,28-32,35,44-45,48-52H,3-6,9-12,15-17H2,1-2H3,(H,37,38,39,40)/t24-,25-,28-,29+,30+,31-,32-,35+/m1/s1. The highest BCUT2D eigenvalue weighted by molar-refractivity contribution is 5.99. The average molecular weight is 772 g/mol. The normalized spacial score (nSPS) is 25.5. The first-order valence-electron chi connectivity index (χ1n) is 18.4. The highest BCUT2D eigenvalue weighted by Gasteiger charge is 2.47. The second kappa shape index (κ2) is 17.4. The quantitative estimate of drug-likeness (QED) is 0.0836. The van der Waals surface area contributed by atoms with E-state index in [9.17, 15) is 50.1 Å². The van der Waals surface area contributed by atoms with Crippen LogP contribution in [0, 0.1) is 6.92 Å². The molecule has 0 amide bonds. The summed E-state index contributed by atoms with van der Waals surface area (Å²) in [7, 11) is 0. The lowest BCUT2D eigenvalue weighted by Gasteiger charge is -2.42. The Morgan fingerprint density at radius 1 is 1.00 bits per heavy atom. The number of piperazine rings is 1. The summed E-state index contributed by atoms with van der Waals surface area (Å²) in [6, 6.07) is 3.59. The number of aliphatic hydroxyl groups excluding tert-OH is 7. The molecule has 3 aromatic heterocycles. The molecule has 3 fully saturated rings. The Kier molecular flexibility index (Phi) is 12.9. The Labute approximate surface area is 315 Å². The van der Waals surface area contributed by atoms with Gasteiger partial charge in [-0.2, -0.15) is 4.98 Å². The number of hydrogen-bond acceptors (Lipinski definition) is 18. The topological polar surface area (TPSA) is 273 Å². The summed E-state index contributed by atoms with van der Waals surface area (Å²) in [6.45, 7) is 3.14. The van der Waals surface area contributed by atoms with Crippen LogP contribution in [0.1, 0.15) is 54.6 Å². The van der Waals surface area contributed by atoms with E-state index >= 15 is 0 Å². The molecule has 0 bridgehead atoms. The van der Waals surface area contributed by atoms with Gasteiger partial charge in [0.15, 0.2) is 17.9 Å². The number of ether oxygens (including phenoxy) is 2. The molecule has 0 unspecified atom stereocenters. The number of fused-ring (bicyclic) bond motifs is 1. The molecule has 55 heavy (non-hydrogen) atoms. The molecule has 5 heterocycles. The lowest BCUT2D eigenvalue weighted by atomic mass is 9.98. The van der Waals surface area contributed by atoms with Crippen molar-refractivity contribution in [2.45, 2.75) is 94.6 Å². The summed E-state index contributed by atoms with van der Waals surface area (Å²) >= 11 is 0. The maximum atomic E-state index is 13.5. The van der Waals surface area contributed by atoms with Gasteiger partial charge in [-0.25, -0.2) is 9.97 Å². The number of Topliss-reactive ketones (excluding diaryl/α,β-unsaturated/α-hetero) is 2. The van der Waals surface area contributed by atoms with Gasteiger partial charge in [-0.3, -0.25) is 23.9 Å². The van der Waals surface area contributed by atoms with Crippen LogP contribution in [0.15, 0.2) is 29.3 Å². The summed E-state index contributed by atoms with van der Waals surface area (Å²) in [4.78, 5) is 56.7. The van der Waals surface area contributed by atoms with Crippen molar-refractivity contribution in [3.63, 3.8) is 0 Å². The third-order valence-corrected chi connectivity index (χ3v) is 10.7. The first kappa shape index (κ1) is 40.6. The van der Waals surface area contributed by atoms with Gasteiger partial charge in [0.1, 0.15) is 54.2 Å². The summed E-state index contributed by atoms with van der Waals surface area (Å²) in [5.74, 6) is -0.304. The van der Waals surface area contributed by atoms with E-state index in [4.69, 9.17) is 14.5 Å². The van der Waals surface area contributed by atoms with Crippen LogP contribution in [0.5, 0.6) is 0 Å². The minimum Gasteiger partial charge on any atom is -0.394 e. The molecule has 3 aromatic rings. The van der Waals surface area contributed by atoms with Crippen molar-refractivity contribution in [2.24, 2.45) is 0 Å². The zero-order valence-corrected chi connectivity index (χ0v) is 30.6. The number of anilines is 3. The van der Waals surface area contributed by atoms with Crippen molar-refractivity contribution in [2.75, 3.05) is 56.2 Å². The fourth-order valence-corrected chi connectivity index (χ4v) is 7.55. The van der Waals surface area contributed by atoms with Gasteiger partial charge in [0.05, 0.1) is 37.2 Å². The van der Waals surface area contributed by atoms with Crippen LogP contribution in [0.4, 0.5) is 17.5 Å². The molecule has 8 N–H and O–H groups in total. The highest BCUT2D eigenvalue weighted by atomic mass is 16.7. The maximum Gasteiger partial charge on any atom is 0.263 e. The molecule has 3 aliphatic rings. The van der Waals surface area contributed by atoms with Crippen molar-refractivity contribution < 1.29 is 54.8 Å². The number of aromatic nitrogens is 4. The van der Waals surface area contributed by atoms with E-state index in [1.807, 2.05) is 6.07 Å². The molecule has 2 saturated heterocycles. The average Bonchev–Trinajstić information content (AvgIpc) is 3.71. The van der Waals surface area contributed by atoms with Crippen LogP contribution in [0.2, 0.25) is 0 Å². The number of hydrogen-bond donors (Lipinski definition) is 8. The largest absolute Gasteiger partial charge is 0.394 e. The molecule has 1 saturated carbocycles. The lowest BCUT2D eigenvalue weighted by molar-refractivity contribution is -0.323. The summed E-state index contributed by atoms with van der Waals surface area (Å²) in [5, 5.41) is 74.4. The summed E-state index contributed by atoms with van der Waals surface area (Å²) < 4.78 is 12.4.